The summed E-state index contributed by atoms with van der Waals surface area (Å²) in [5.41, 5.74) is 9.83. The molecule has 6 nitrogen and oxygen atoms in total. The fourth-order valence-electron chi connectivity index (χ4n) is 4.53. The average Bonchev–Trinajstić information content (AvgIpc) is 3.72. The Bertz CT molecular complexity index is 1270. The number of allylic oxidation sites excluding steroid dienone is 2. The molecular formula is C31H42N6S2. The summed E-state index contributed by atoms with van der Waals surface area (Å²) in [5.74, 6) is 4.98. The molecule has 39 heavy (non-hydrogen) atoms. The maximum atomic E-state index is 5.87. The number of hydrogen-bond acceptors (Lipinski definition) is 7. The van der Waals surface area contributed by atoms with E-state index in [1.807, 2.05) is 25.3 Å². The highest BCUT2D eigenvalue weighted by atomic mass is 32.2. The number of thioether (sulfide) groups is 1. The van der Waals surface area contributed by atoms with Crippen LogP contribution < -0.4 is 16.0 Å². The molecule has 208 valence electrons. The van der Waals surface area contributed by atoms with E-state index < -0.39 is 0 Å². The summed E-state index contributed by atoms with van der Waals surface area (Å²) >= 11 is 3.68. The van der Waals surface area contributed by atoms with Crippen molar-refractivity contribution in [1.29, 1.82) is 0 Å². The Hall–Kier alpha value is -2.71. The highest BCUT2D eigenvalue weighted by molar-refractivity contribution is 7.99. The van der Waals surface area contributed by atoms with Gasteiger partial charge in [0.1, 0.15) is 5.84 Å². The highest BCUT2D eigenvalue weighted by Crippen LogP contribution is 2.37. The maximum Gasteiger partial charge on any atom is 0.154 e. The maximum absolute atomic E-state index is 5.87. The first-order valence-corrected chi connectivity index (χ1v) is 16.0. The number of nitrogens with two attached hydrogens (primary N) is 1. The van der Waals surface area contributed by atoms with Crippen LogP contribution in [-0.4, -0.2) is 46.9 Å². The SMILES string of the molecule is C=C(NC(/C=C\C)=Nc1cc2c(C(C)C)ccc(N3CC(CSCCC)C3)c2cn1)C(C=NSC1CC1)=CN. The number of amidine groups is 1. The molecule has 2 aliphatic rings. The van der Waals surface area contributed by atoms with Gasteiger partial charge in [0.15, 0.2) is 5.82 Å². The minimum atomic E-state index is 0.397. The molecule has 3 N–H and O–H groups in total. The van der Waals surface area contributed by atoms with Crippen LogP contribution in [0.4, 0.5) is 11.5 Å². The van der Waals surface area contributed by atoms with Crippen molar-refractivity contribution in [1.82, 2.24) is 10.3 Å². The van der Waals surface area contributed by atoms with Gasteiger partial charge in [-0.15, -0.1) is 0 Å². The molecule has 0 spiro atoms. The van der Waals surface area contributed by atoms with E-state index in [-0.39, 0.29) is 0 Å². The molecule has 1 aliphatic heterocycles. The van der Waals surface area contributed by atoms with Crippen LogP contribution >= 0.6 is 23.7 Å². The molecule has 2 heterocycles. The lowest BCUT2D eigenvalue weighted by atomic mass is 9.93. The molecule has 0 amide bonds. The summed E-state index contributed by atoms with van der Waals surface area (Å²) in [4.78, 5) is 12.1. The van der Waals surface area contributed by atoms with Crippen LogP contribution in [0.15, 0.2) is 70.0 Å². The van der Waals surface area contributed by atoms with Gasteiger partial charge in [-0.1, -0.05) is 39.5 Å². The third kappa shape index (κ3) is 7.92. The van der Waals surface area contributed by atoms with Crippen molar-refractivity contribution in [3.05, 3.63) is 66.2 Å². The van der Waals surface area contributed by atoms with Crippen LogP contribution in [0.25, 0.3) is 10.8 Å². The predicted octanol–water partition coefficient (Wildman–Crippen LogP) is 7.37. The van der Waals surface area contributed by atoms with Crippen molar-refractivity contribution in [3.8, 4) is 0 Å². The molecule has 1 aromatic heterocycles. The van der Waals surface area contributed by atoms with Gasteiger partial charge in [0.25, 0.3) is 0 Å². The average molecular weight is 563 g/mol. The zero-order valence-electron chi connectivity index (χ0n) is 23.7. The summed E-state index contributed by atoms with van der Waals surface area (Å²) in [6.45, 7) is 15.1. The highest BCUT2D eigenvalue weighted by Gasteiger charge is 2.28. The number of rotatable bonds is 13. The fraction of sp³-hybridized carbons (Fsp3) is 0.452. The van der Waals surface area contributed by atoms with Gasteiger partial charge in [-0.3, -0.25) is 0 Å². The number of pyridine rings is 1. The standard InChI is InChI=1S/C31H42N6S2/c1-6-8-30(35-22(5)24(15-32)16-34-39-25-9-10-25)36-31-14-27-26(21(3)4)11-12-29(28(27)17-33-31)37-18-23(19-37)20-38-13-7-2/h6,8,11-12,14-17,21,23,25H,5,7,9-10,13,18-20,32H2,1-4H3,(H,33,35,36)/b8-6-,24-15?,34-16?. The zero-order chi connectivity index (χ0) is 27.8. The van der Waals surface area contributed by atoms with Crippen LogP contribution in [0.3, 0.4) is 0 Å². The van der Waals surface area contributed by atoms with Crippen LogP contribution in [0.1, 0.15) is 58.4 Å². The minimum Gasteiger partial charge on any atom is -0.404 e. The van der Waals surface area contributed by atoms with Gasteiger partial charge >= 0.3 is 0 Å². The van der Waals surface area contributed by atoms with E-state index >= 15 is 0 Å². The Morgan fingerprint density at radius 2 is 2.08 bits per heavy atom. The molecule has 0 bridgehead atoms. The van der Waals surface area contributed by atoms with E-state index in [9.17, 15) is 0 Å². The van der Waals surface area contributed by atoms with Crippen LogP contribution in [-0.2, 0) is 0 Å². The summed E-state index contributed by atoms with van der Waals surface area (Å²) < 4.78 is 4.45. The molecule has 2 fully saturated rings. The van der Waals surface area contributed by atoms with E-state index in [0.29, 0.717) is 28.5 Å². The largest absolute Gasteiger partial charge is 0.404 e. The molecule has 8 heteroatoms. The molecule has 4 rings (SSSR count). The molecule has 2 aromatic rings. The second-order valence-corrected chi connectivity index (χ2v) is 12.8. The van der Waals surface area contributed by atoms with Crippen LogP contribution in [0, 0.1) is 5.92 Å². The van der Waals surface area contributed by atoms with Gasteiger partial charge in [-0.2, -0.15) is 11.8 Å². The number of benzene rings is 1. The van der Waals surface area contributed by atoms with Gasteiger partial charge in [0.2, 0.25) is 0 Å². The Morgan fingerprint density at radius 1 is 1.28 bits per heavy atom. The van der Waals surface area contributed by atoms with E-state index in [2.05, 4.69) is 71.9 Å². The lowest BCUT2D eigenvalue weighted by Crippen LogP contribution is -2.48. The Balaban J connectivity index is 1.55. The molecule has 1 saturated carbocycles. The number of hydrogen-bond donors (Lipinski definition) is 2. The molecule has 1 saturated heterocycles. The molecule has 0 unspecified atom stereocenters. The van der Waals surface area contributed by atoms with E-state index in [4.69, 9.17) is 15.7 Å². The molecular weight excluding hydrogens is 521 g/mol. The number of anilines is 1. The number of aliphatic imine (C=N–C) groups is 1. The van der Waals surface area contributed by atoms with Crippen molar-refractivity contribution in [2.24, 2.45) is 21.0 Å². The predicted molar refractivity (Wildman–Crippen MR) is 175 cm³/mol. The third-order valence-corrected chi connectivity index (χ3v) is 9.21. The molecule has 0 radical (unpaired) electrons. The van der Waals surface area contributed by atoms with Crippen molar-refractivity contribution in [2.75, 3.05) is 29.5 Å². The first-order chi connectivity index (χ1) is 18.9. The zero-order valence-corrected chi connectivity index (χ0v) is 25.3. The fourth-order valence-corrected chi connectivity index (χ4v) is 6.22. The van der Waals surface area contributed by atoms with Crippen molar-refractivity contribution in [2.45, 2.75) is 58.1 Å². The second kappa shape index (κ2) is 14.1. The number of nitrogens with one attached hydrogen (secondary N) is 1. The summed E-state index contributed by atoms with van der Waals surface area (Å²) in [5, 5.41) is 6.35. The minimum absolute atomic E-state index is 0.397. The lowest BCUT2D eigenvalue weighted by molar-refractivity contribution is 0.456. The van der Waals surface area contributed by atoms with Crippen LogP contribution in [0.5, 0.6) is 0 Å². The number of aromatic nitrogens is 1. The summed E-state index contributed by atoms with van der Waals surface area (Å²) in [6, 6.07) is 6.67. The summed E-state index contributed by atoms with van der Waals surface area (Å²) in [7, 11) is 0. The van der Waals surface area contributed by atoms with Gasteiger partial charge in [-0.25, -0.2) is 14.4 Å². The smallest absolute Gasteiger partial charge is 0.154 e. The Kier molecular flexibility index (Phi) is 10.6. The first kappa shape index (κ1) is 29.3. The molecule has 1 aliphatic carbocycles. The van der Waals surface area contributed by atoms with Crippen molar-refractivity contribution < 1.29 is 0 Å². The van der Waals surface area contributed by atoms with Gasteiger partial charge in [0, 0.05) is 65.2 Å². The van der Waals surface area contributed by atoms with Gasteiger partial charge in [0.05, 0.1) is 0 Å². The van der Waals surface area contributed by atoms with Crippen molar-refractivity contribution in [3.63, 3.8) is 0 Å². The Morgan fingerprint density at radius 3 is 2.74 bits per heavy atom. The quantitative estimate of drug-likeness (QED) is 0.0872. The Labute approximate surface area is 242 Å². The van der Waals surface area contributed by atoms with E-state index in [1.54, 1.807) is 18.2 Å². The van der Waals surface area contributed by atoms with Gasteiger partial charge in [-0.05, 0) is 84.7 Å². The lowest BCUT2D eigenvalue weighted by Gasteiger charge is -2.41. The number of fused-ring (bicyclic) bond motifs is 1. The van der Waals surface area contributed by atoms with E-state index in [0.717, 1.165) is 24.6 Å². The third-order valence-electron chi connectivity index (χ3n) is 6.81. The normalized spacial score (nSPS) is 17.1. The molecule has 1 aromatic carbocycles. The first-order valence-electron chi connectivity index (χ1n) is 14.0. The van der Waals surface area contributed by atoms with E-state index in [1.165, 1.54) is 59.0 Å². The van der Waals surface area contributed by atoms with Crippen LogP contribution in [0.2, 0.25) is 0 Å². The monoisotopic (exact) mass is 562 g/mol. The topological polar surface area (TPSA) is 78.9 Å². The van der Waals surface area contributed by atoms with Crippen molar-refractivity contribution >= 4 is 58.0 Å². The molecule has 0 atom stereocenters. The van der Waals surface area contributed by atoms with Gasteiger partial charge < -0.3 is 16.0 Å². The number of nitrogens with zero attached hydrogens (tertiary/aromatic N) is 4. The summed E-state index contributed by atoms with van der Waals surface area (Å²) in [6.07, 6.45) is 12.8. The second-order valence-electron chi connectivity index (χ2n) is 10.5.